The highest BCUT2D eigenvalue weighted by Gasteiger charge is 1.98. The summed E-state index contributed by atoms with van der Waals surface area (Å²) in [7, 11) is 2.08. The minimum absolute atomic E-state index is 0.0370. The largest absolute Gasteiger partial charge is 0.353 e. The summed E-state index contributed by atoms with van der Waals surface area (Å²) in [6.45, 7) is 9.19. The van der Waals surface area contributed by atoms with Gasteiger partial charge in [0.05, 0.1) is 0 Å². The average molecular weight is 309 g/mol. The van der Waals surface area contributed by atoms with E-state index in [1.54, 1.807) is 0 Å². The van der Waals surface area contributed by atoms with Gasteiger partial charge in [-0.05, 0) is 46.3 Å². The van der Waals surface area contributed by atoms with E-state index in [1.165, 1.54) is 5.56 Å². The van der Waals surface area contributed by atoms with E-state index in [1.807, 2.05) is 26.8 Å². The van der Waals surface area contributed by atoms with Gasteiger partial charge in [0.25, 0.3) is 0 Å². The minimum Gasteiger partial charge on any atom is -0.353 e. The van der Waals surface area contributed by atoms with E-state index >= 15 is 0 Å². The molecule has 0 aliphatic carbocycles. The first kappa shape index (κ1) is 20.8. The van der Waals surface area contributed by atoms with Gasteiger partial charge in [-0.15, -0.1) is 0 Å². The van der Waals surface area contributed by atoms with E-state index in [4.69, 9.17) is 9.47 Å². The number of hydrogen-bond donors (Lipinski definition) is 0. The van der Waals surface area contributed by atoms with Gasteiger partial charge in [-0.3, -0.25) is 0 Å². The molecule has 0 spiro atoms. The van der Waals surface area contributed by atoms with Crippen LogP contribution in [0.25, 0.3) is 0 Å². The topological polar surface area (TPSA) is 38.8 Å². The quantitative estimate of drug-likeness (QED) is 0.377. The maximum Gasteiger partial charge on any atom is 0.154 e. The molecule has 1 rings (SSSR count). The van der Waals surface area contributed by atoms with Gasteiger partial charge < -0.3 is 19.2 Å². The number of unbranched alkanes of at least 4 members (excludes halogenated alkanes) is 1. The molecule has 0 unspecified atom stereocenters. The Bertz CT molecular complexity index is 351. The maximum atomic E-state index is 10.1. The Labute approximate surface area is 135 Å². The van der Waals surface area contributed by atoms with Crippen molar-refractivity contribution in [2.45, 2.75) is 46.4 Å². The molecule has 126 valence electrons. The number of carbonyl (C=O) groups excluding carboxylic acids is 1. The molecular weight excluding hydrogens is 278 g/mol. The fourth-order valence-corrected chi connectivity index (χ4v) is 1.94. The minimum atomic E-state index is -0.0370. The summed E-state index contributed by atoms with van der Waals surface area (Å²) >= 11 is 0. The second-order valence-corrected chi connectivity index (χ2v) is 5.01. The summed E-state index contributed by atoms with van der Waals surface area (Å²) in [5.41, 5.74) is 1.32. The molecule has 0 atom stereocenters. The predicted octanol–water partition coefficient (Wildman–Crippen LogP) is 3.50. The van der Waals surface area contributed by atoms with Crippen LogP contribution in [0.2, 0.25) is 0 Å². The van der Waals surface area contributed by atoms with Crippen molar-refractivity contribution in [3.05, 3.63) is 35.9 Å². The summed E-state index contributed by atoms with van der Waals surface area (Å²) in [6, 6.07) is 10.4. The lowest BCUT2D eigenvalue weighted by Gasteiger charge is -2.15. The lowest BCUT2D eigenvalue weighted by atomic mass is 10.2. The molecule has 0 aliphatic heterocycles. The zero-order chi connectivity index (χ0) is 16.6. The van der Waals surface area contributed by atoms with E-state index in [-0.39, 0.29) is 6.29 Å². The fraction of sp³-hybridized carbons (Fsp3) is 0.611. The molecular formula is C18H31NO3. The molecule has 0 N–H and O–H groups in total. The predicted molar refractivity (Wildman–Crippen MR) is 90.8 cm³/mol. The number of benzene rings is 1. The first-order chi connectivity index (χ1) is 10.6. The molecule has 0 amide bonds. The Morgan fingerprint density at radius 3 is 2.23 bits per heavy atom. The van der Waals surface area contributed by atoms with Gasteiger partial charge in [0, 0.05) is 26.2 Å². The summed E-state index contributed by atoms with van der Waals surface area (Å²) in [5.74, 6) is 0. The Kier molecular flexibility index (Phi) is 13.9. The van der Waals surface area contributed by atoms with Crippen molar-refractivity contribution in [1.29, 1.82) is 0 Å². The van der Waals surface area contributed by atoms with Gasteiger partial charge in [-0.1, -0.05) is 30.3 Å². The second kappa shape index (κ2) is 14.7. The highest BCUT2D eigenvalue weighted by molar-refractivity contribution is 5.48. The zero-order valence-corrected chi connectivity index (χ0v) is 14.5. The first-order valence-electron chi connectivity index (χ1n) is 8.03. The number of aldehydes is 1. The Morgan fingerprint density at radius 2 is 1.73 bits per heavy atom. The Hall–Kier alpha value is -1.23. The van der Waals surface area contributed by atoms with Gasteiger partial charge in [0.2, 0.25) is 0 Å². The number of rotatable bonds is 10. The third-order valence-corrected chi connectivity index (χ3v) is 2.96. The van der Waals surface area contributed by atoms with Crippen molar-refractivity contribution in [2.75, 3.05) is 26.8 Å². The molecule has 0 saturated carbocycles. The van der Waals surface area contributed by atoms with Crippen LogP contribution >= 0.6 is 0 Å². The molecule has 4 nitrogen and oxygen atoms in total. The highest BCUT2D eigenvalue weighted by atomic mass is 16.7. The summed E-state index contributed by atoms with van der Waals surface area (Å²) in [5, 5.41) is 0. The van der Waals surface area contributed by atoms with Crippen molar-refractivity contribution < 1.29 is 14.3 Å². The van der Waals surface area contributed by atoms with Gasteiger partial charge in [-0.25, -0.2) is 0 Å². The molecule has 0 radical (unpaired) electrons. The average Bonchev–Trinajstić information content (AvgIpc) is 2.50. The van der Waals surface area contributed by atoms with Crippen LogP contribution in [0.3, 0.4) is 0 Å². The van der Waals surface area contributed by atoms with Gasteiger partial charge in [0.15, 0.2) is 6.29 Å². The molecule has 0 fully saturated rings. The summed E-state index contributed by atoms with van der Waals surface area (Å²) < 4.78 is 10.1. The smallest absolute Gasteiger partial charge is 0.154 e. The van der Waals surface area contributed by atoms with E-state index in [2.05, 4.69) is 36.2 Å². The van der Waals surface area contributed by atoms with Crippen LogP contribution in [-0.2, 0) is 20.8 Å². The molecule has 0 aliphatic rings. The van der Waals surface area contributed by atoms with E-state index in [9.17, 15) is 4.79 Å². The molecule has 0 heterocycles. The van der Waals surface area contributed by atoms with Crippen LogP contribution in [0.1, 0.15) is 39.2 Å². The van der Waals surface area contributed by atoms with Gasteiger partial charge >= 0.3 is 0 Å². The van der Waals surface area contributed by atoms with Crippen LogP contribution in [0.15, 0.2) is 30.3 Å². The number of ether oxygens (including phenoxy) is 2. The number of carbonyl (C=O) groups is 1. The number of nitrogens with zero attached hydrogens (tertiary/aromatic N) is 1. The third kappa shape index (κ3) is 12.5. The van der Waals surface area contributed by atoms with Crippen LogP contribution < -0.4 is 0 Å². The van der Waals surface area contributed by atoms with E-state index in [0.29, 0.717) is 6.42 Å². The lowest BCUT2D eigenvalue weighted by Crippen LogP contribution is -2.19. The lowest BCUT2D eigenvalue weighted by molar-refractivity contribution is -0.123. The summed E-state index contributed by atoms with van der Waals surface area (Å²) in [6.07, 6.45) is 2.56. The van der Waals surface area contributed by atoms with Gasteiger partial charge in [-0.2, -0.15) is 0 Å². The molecule has 1 aromatic carbocycles. The molecule has 0 aromatic heterocycles. The second-order valence-electron chi connectivity index (χ2n) is 5.01. The van der Waals surface area contributed by atoms with Crippen molar-refractivity contribution in [2.24, 2.45) is 0 Å². The summed E-state index contributed by atoms with van der Waals surface area (Å²) in [4.78, 5) is 12.4. The van der Waals surface area contributed by atoms with E-state index < -0.39 is 0 Å². The normalized spacial score (nSPS) is 10.5. The SMILES string of the molecule is CCOC(C)OCC.CN(CCCC=O)Cc1ccccc1. The van der Waals surface area contributed by atoms with Crippen LogP contribution in [0, 0.1) is 0 Å². The van der Waals surface area contributed by atoms with Crippen LogP contribution in [0.4, 0.5) is 0 Å². The van der Waals surface area contributed by atoms with Crippen molar-refractivity contribution in [3.63, 3.8) is 0 Å². The van der Waals surface area contributed by atoms with Gasteiger partial charge in [0.1, 0.15) is 6.29 Å². The van der Waals surface area contributed by atoms with E-state index in [0.717, 1.165) is 39.0 Å². The fourth-order valence-electron chi connectivity index (χ4n) is 1.94. The Balaban J connectivity index is 0.000000472. The third-order valence-electron chi connectivity index (χ3n) is 2.96. The van der Waals surface area contributed by atoms with Crippen LogP contribution in [0.5, 0.6) is 0 Å². The van der Waals surface area contributed by atoms with Crippen molar-refractivity contribution in [3.8, 4) is 0 Å². The molecule has 1 aromatic rings. The highest BCUT2D eigenvalue weighted by Crippen LogP contribution is 2.03. The monoisotopic (exact) mass is 309 g/mol. The molecule has 0 saturated heterocycles. The molecule has 4 heteroatoms. The molecule has 0 bridgehead atoms. The zero-order valence-electron chi connectivity index (χ0n) is 14.5. The maximum absolute atomic E-state index is 10.1. The van der Waals surface area contributed by atoms with Crippen molar-refractivity contribution >= 4 is 6.29 Å². The molecule has 22 heavy (non-hydrogen) atoms. The Morgan fingerprint density at radius 1 is 1.14 bits per heavy atom. The number of hydrogen-bond acceptors (Lipinski definition) is 4. The van der Waals surface area contributed by atoms with Crippen molar-refractivity contribution in [1.82, 2.24) is 4.90 Å². The first-order valence-corrected chi connectivity index (χ1v) is 8.03. The van der Waals surface area contributed by atoms with Crippen LogP contribution in [-0.4, -0.2) is 44.3 Å². The standard InChI is InChI=1S/C12H17NO.C6H14O2/c1-13(9-5-6-10-14)11-12-7-3-2-4-8-12;1-4-7-6(3)8-5-2/h2-4,7-8,10H,5-6,9,11H2,1H3;6H,4-5H2,1-3H3.